The molecule has 1 aliphatic rings. The zero-order chi connectivity index (χ0) is 13.1. The van der Waals surface area contributed by atoms with E-state index in [0.29, 0.717) is 19.0 Å². The SMILES string of the molecule is C[C@@H]1C[C@H]1C(=O)N(CCO)Cc1cccc(Br)c1. The molecule has 4 heteroatoms. The van der Waals surface area contributed by atoms with Crippen LogP contribution in [0.3, 0.4) is 0 Å². The monoisotopic (exact) mass is 311 g/mol. The first-order valence-electron chi connectivity index (χ1n) is 6.26. The molecule has 98 valence electrons. The van der Waals surface area contributed by atoms with Crippen LogP contribution in [-0.4, -0.2) is 29.1 Å². The smallest absolute Gasteiger partial charge is 0.226 e. The van der Waals surface area contributed by atoms with Crippen molar-refractivity contribution >= 4 is 21.8 Å². The summed E-state index contributed by atoms with van der Waals surface area (Å²) in [4.78, 5) is 14.0. The second kappa shape index (κ2) is 5.85. The molecule has 1 aromatic rings. The Bertz CT molecular complexity index is 436. The zero-order valence-corrected chi connectivity index (χ0v) is 12.1. The van der Waals surface area contributed by atoms with Crippen LogP contribution in [0.2, 0.25) is 0 Å². The molecule has 1 saturated carbocycles. The van der Waals surface area contributed by atoms with Gasteiger partial charge in [0.05, 0.1) is 6.61 Å². The first kappa shape index (κ1) is 13.6. The first-order valence-corrected chi connectivity index (χ1v) is 7.05. The van der Waals surface area contributed by atoms with Gasteiger partial charge in [0.1, 0.15) is 0 Å². The van der Waals surface area contributed by atoms with Crippen molar-refractivity contribution in [2.45, 2.75) is 19.9 Å². The Labute approximate surface area is 116 Å². The van der Waals surface area contributed by atoms with Gasteiger partial charge in [-0.25, -0.2) is 0 Å². The molecular formula is C14H18BrNO2. The number of carbonyl (C=O) groups is 1. The van der Waals surface area contributed by atoms with Gasteiger partial charge in [0.15, 0.2) is 0 Å². The lowest BCUT2D eigenvalue weighted by Crippen LogP contribution is -2.34. The molecule has 0 unspecified atom stereocenters. The maximum absolute atomic E-state index is 12.2. The van der Waals surface area contributed by atoms with Crippen molar-refractivity contribution in [3.63, 3.8) is 0 Å². The van der Waals surface area contributed by atoms with Crippen LogP contribution in [-0.2, 0) is 11.3 Å². The molecule has 0 saturated heterocycles. The van der Waals surface area contributed by atoms with E-state index in [9.17, 15) is 4.79 Å². The number of amides is 1. The van der Waals surface area contributed by atoms with E-state index in [4.69, 9.17) is 5.11 Å². The van der Waals surface area contributed by atoms with Crippen LogP contribution < -0.4 is 0 Å². The number of nitrogens with zero attached hydrogens (tertiary/aromatic N) is 1. The summed E-state index contributed by atoms with van der Waals surface area (Å²) < 4.78 is 1.01. The van der Waals surface area contributed by atoms with Crippen molar-refractivity contribution in [2.24, 2.45) is 11.8 Å². The van der Waals surface area contributed by atoms with Gasteiger partial charge in [0.2, 0.25) is 5.91 Å². The van der Waals surface area contributed by atoms with Crippen molar-refractivity contribution in [2.75, 3.05) is 13.2 Å². The first-order chi connectivity index (χ1) is 8.61. The summed E-state index contributed by atoms with van der Waals surface area (Å²) in [5.41, 5.74) is 1.08. The second-order valence-corrected chi connectivity index (χ2v) is 5.85. The Kier molecular flexibility index (Phi) is 4.40. The Balaban J connectivity index is 2.04. The van der Waals surface area contributed by atoms with E-state index in [1.165, 1.54) is 0 Å². The lowest BCUT2D eigenvalue weighted by atomic mass is 10.2. The fourth-order valence-electron chi connectivity index (χ4n) is 2.14. The Hall–Kier alpha value is -0.870. The fourth-order valence-corrected chi connectivity index (χ4v) is 2.59. The summed E-state index contributed by atoms with van der Waals surface area (Å²) in [7, 11) is 0. The van der Waals surface area contributed by atoms with Crippen molar-refractivity contribution in [3.8, 4) is 0 Å². The number of aliphatic hydroxyl groups is 1. The van der Waals surface area contributed by atoms with Crippen molar-refractivity contribution in [3.05, 3.63) is 34.3 Å². The fraction of sp³-hybridized carbons (Fsp3) is 0.500. The Morgan fingerprint density at radius 2 is 2.28 bits per heavy atom. The number of halogens is 1. The van der Waals surface area contributed by atoms with E-state index in [1.54, 1.807) is 4.90 Å². The predicted octanol–water partition coefficient (Wildman–Crippen LogP) is 2.43. The predicted molar refractivity (Wildman–Crippen MR) is 73.9 cm³/mol. The highest BCUT2D eigenvalue weighted by atomic mass is 79.9. The minimum atomic E-state index is 0.0147. The minimum Gasteiger partial charge on any atom is -0.395 e. The molecule has 0 aromatic heterocycles. The largest absolute Gasteiger partial charge is 0.395 e. The summed E-state index contributed by atoms with van der Waals surface area (Å²) in [6.07, 6.45) is 0.985. The van der Waals surface area contributed by atoms with Gasteiger partial charge in [-0.1, -0.05) is 35.0 Å². The van der Waals surface area contributed by atoms with Gasteiger partial charge < -0.3 is 10.0 Å². The van der Waals surface area contributed by atoms with Crippen LogP contribution in [0.15, 0.2) is 28.7 Å². The molecular weight excluding hydrogens is 294 g/mol. The van der Waals surface area contributed by atoms with Crippen molar-refractivity contribution in [1.82, 2.24) is 4.90 Å². The third-order valence-electron chi connectivity index (χ3n) is 3.37. The van der Waals surface area contributed by atoms with Crippen LogP contribution in [0.4, 0.5) is 0 Å². The minimum absolute atomic E-state index is 0.0147. The molecule has 0 bridgehead atoms. The Morgan fingerprint density at radius 1 is 1.56 bits per heavy atom. The van der Waals surface area contributed by atoms with Crippen LogP contribution in [0.1, 0.15) is 18.9 Å². The number of aliphatic hydroxyl groups excluding tert-OH is 1. The molecule has 1 amide bonds. The summed E-state index contributed by atoms with van der Waals surface area (Å²) in [6.45, 7) is 3.09. The molecule has 0 spiro atoms. The van der Waals surface area contributed by atoms with E-state index in [0.717, 1.165) is 16.5 Å². The number of hydrogen-bond acceptors (Lipinski definition) is 2. The molecule has 1 aliphatic carbocycles. The topological polar surface area (TPSA) is 40.5 Å². The molecule has 1 N–H and O–H groups in total. The summed E-state index contributed by atoms with van der Waals surface area (Å²) >= 11 is 3.43. The number of carbonyl (C=O) groups excluding carboxylic acids is 1. The average molecular weight is 312 g/mol. The van der Waals surface area contributed by atoms with Gasteiger partial charge in [-0.15, -0.1) is 0 Å². The quantitative estimate of drug-likeness (QED) is 0.907. The molecule has 1 fully saturated rings. The van der Waals surface area contributed by atoms with E-state index in [1.807, 2.05) is 24.3 Å². The van der Waals surface area contributed by atoms with Gasteiger partial charge in [-0.3, -0.25) is 4.79 Å². The van der Waals surface area contributed by atoms with E-state index >= 15 is 0 Å². The van der Waals surface area contributed by atoms with Crippen molar-refractivity contribution < 1.29 is 9.90 Å². The molecule has 1 aromatic carbocycles. The highest BCUT2D eigenvalue weighted by Crippen LogP contribution is 2.39. The maximum Gasteiger partial charge on any atom is 0.226 e. The third-order valence-corrected chi connectivity index (χ3v) is 3.86. The van der Waals surface area contributed by atoms with E-state index in [2.05, 4.69) is 22.9 Å². The van der Waals surface area contributed by atoms with Crippen LogP contribution in [0, 0.1) is 11.8 Å². The number of benzene rings is 1. The number of hydrogen-bond donors (Lipinski definition) is 1. The molecule has 0 radical (unpaired) electrons. The standard InChI is InChI=1S/C14H18BrNO2/c1-10-7-13(10)14(18)16(5-6-17)9-11-3-2-4-12(15)8-11/h2-4,8,10,13,17H,5-7,9H2,1H3/t10-,13-/m1/s1. The average Bonchev–Trinajstić information content (AvgIpc) is 3.05. The third kappa shape index (κ3) is 3.33. The van der Waals surface area contributed by atoms with Crippen LogP contribution >= 0.6 is 15.9 Å². The van der Waals surface area contributed by atoms with Gasteiger partial charge in [-0.05, 0) is 30.0 Å². The van der Waals surface area contributed by atoms with Gasteiger partial charge >= 0.3 is 0 Å². The van der Waals surface area contributed by atoms with E-state index < -0.39 is 0 Å². The van der Waals surface area contributed by atoms with Gasteiger partial charge in [0.25, 0.3) is 0 Å². The summed E-state index contributed by atoms with van der Waals surface area (Å²) in [5, 5.41) is 9.08. The van der Waals surface area contributed by atoms with Crippen molar-refractivity contribution in [1.29, 1.82) is 0 Å². The highest BCUT2D eigenvalue weighted by molar-refractivity contribution is 9.10. The highest BCUT2D eigenvalue weighted by Gasteiger charge is 2.41. The molecule has 3 nitrogen and oxygen atoms in total. The maximum atomic E-state index is 12.2. The number of rotatable bonds is 5. The van der Waals surface area contributed by atoms with Gasteiger partial charge in [-0.2, -0.15) is 0 Å². The molecule has 18 heavy (non-hydrogen) atoms. The van der Waals surface area contributed by atoms with Crippen LogP contribution in [0.25, 0.3) is 0 Å². The Morgan fingerprint density at radius 3 is 2.83 bits per heavy atom. The lowest BCUT2D eigenvalue weighted by Gasteiger charge is -2.22. The lowest BCUT2D eigenvalue weighted by molar-refractivity contribution is -0.134. The summed E-state index contributed by atoms with van der Waals surface area (Å²) in [5.74, 6) is 0.849. The molecule has 0 aliphatic heterocycles. The van der Waals surface area contributed by atoms with E-state index in [-0.39, 0.29) is 18.4 Å². The zero-order valence-electron chi connectivity index (χ0n) is 10.5. The molecule has 0 heterocycles. The summed E-state index contributed by atoms with van der Waals surface area (Å²) in [6, 6.07) is 7.93. The molecule has 2 atom stereocenters. The second-order valence-electron chi connectivity index (χ2n) is 4.93. The molecule has 2 rings (SSSR count). The van der Waals surface area contributed by atoms with Crippen LogP contribution in [0.5, 0.6) is 0 Å². The normalized spacial score (nSPS) is 21.7. The van der Waals surface area contributed by atoms with Gasteiger partial charge in [0, 0.05) is 23.5 Å².